The Morgan fingerprint density at radius 3 is 2.39 bits per heavy atom. The van der Waals surface area contributed by atoms with Gasteiger partial charge in [0, 0.05) is 27.2 Å². The minimum Gasteiger partial charge on any atom is -0.347 e. The van der Waals surface area contributed by atoms with E-state index in [0.717, 1.165) is 19.5 Å². The number of hydrogen-bond acceptors (Lipinski definition) is 3. The van der Waals surface area contributed by atoms with Crippen LogP contribution in [0.2, 0.25) is 0 Å². The van der Waals surface area contributed by atoms with Gasteiger partial charge in [-0.2, -0.15) is 0 Å². The van der Waals surface area contributed by atoms with Gasteiger partial charge in [0.1, 0.15) is 0 Å². The van der Waals surface area contributed by atoms with Crippen LogP contribution in [0.5, 0.6) is 0 Å². The maximum Gasteiger partial charge on any atom is 0.241 e. The Morgan fingerprint density at radius 1 is 1.28 bits per heavy atom. The topological polar surface area (TPSA) is 52.7 Å². The zero-order chi connectivity index (χ0) is 13.7. The summed E-state index contributed by atoms with van der Waals surface area (Å²) in [4.78, 5) is 27.4. The predicted molar refractivity (Wildman–Crippen MR) is 71.1 cm³/mol. The molecule has 0 radical (unpaired) electrons. The molecule has 5 heteroatoms. The smallest absolute Gasteiger partial charge is 0.241 e. The van der Waals surface area contributed by atoms with E-state index in [1.165, 1.54) is 4.90 Å². The van der Waals surface area contributed by atoms with Crippen LogP contribution < -0.4 is 5.32 Å². The highest BCUT2D eigenvalue weighted by Crippen LogP contribution is 2.18. The fraction of sp³-hybridized carbons (Fsp3) is 0.846. The summed E-state index contributed by atoms with van der Waals surface area (Å²) in [7, 11) is 3.44. The van der Waals surface area contributed by atoms with Gasteiger partial charge in [0.05, 0.1) is 12.5 Å². The van der Waals surface area contributed by atoms with Gasteiger partial charge in [0.25, 0.3) is 0 Å². The lowest BCUT2D eigenvalue weighted by Gasteiger charge is -2.27. The second kappa shape index (κ2) is 6.73. The molecule has 1 aliphatic heterocycles. The highest BCUT2D eigenvalue weighted by molar-refractivity contribution is 5.86. The van der Waals surface area contributed by atoms with Gasteiger partial charge in [-0.05, 0) is 18.9 Å². The molecule has 0 aliphatic carbocycles. The maximum absolute atomic E-state index is 12.4. The number of nitrogens with one attached hydrogen (secondary N) is 1. The average Bonchev–Trinajstić information content (AvgIpc) is 2.73. The minimum atomic E-state index is -0.0181. The summed E-state index contributed by atoms with van der Waals surface area (Å²) in [6.45, 7) is 6.58. The van der Waals surface area contributed by atoms with Crippen LogP contribution >= 0.6 is 0 Å². The van der Waals surface area contributed by atoms with E-state index in [9.17, 15) is 9.59 Å². The summed E-state index contributed by atoms with van der Waals surface area (Å²) >= 11 is 0. The number of likely N-dealkylation sites (N-methyl/N-ethyl adjacent to an activating group) is 1. The molecule has 0 saturated carbocycles. The number of rotatable bonds is 5. The van der Waals surface area contributed by atoms with Crippen LogP contribution in [-0.4, -0.2) is 61.9 Å². The van der Waals surface area contributed by atoms with Crippen molar-refractivity contribution in [2.24, 2.45) is 11.8 Å². The normalized spacial score (nSPS) is 22.9. The third kappa shape index (κ3) is 3.70. The molecule has 5 nitrogen and oxygen atoms in total. The lowest BCUT2D eigenvalue weighted by atomic mass is 9.96. The number of carbonyl (C=O) groups excluding carboxylic acids is 2. The highest BCUT2D eigenvalue weighted by atomic mass is 16.2. The molecule has 0 unspecified atom stereocenters. The second-order valence-electron chi connectivity index (χ2n) is 5.29. The first-order valence-corrected chi connectivity index (χ1v) is 6.67. The number of hydrogen-bond donors (Lipinski definition) is 1. The van der Waals surface area contributed by atoms with E-state index < -0.39 is 0 Å². The molecule has 104 valence electrons. The van der Waals surface area contributed by atoms with Crippen molar-refractivity contribution in [3.8, 4) is 0 Å². The van der Waals surface area contributed by atoms with E-state index in [-0.39, 0.29) is 24.3 Å². The lowest BCUT2D eigenvalue weighted by molar-refractivity contribution is -0.142. The van der Waals surface area contributed by atoms with Crippen molar-refractivity contribution in [1.82, 2.24) is 15.1 Å². The molecular formula is C13H25N3O2. The van der Waals surface area contributed by atoms with E-state index in [1.807, 2.05) is 6.92 Å². The largest absolute Gasteiger partial charge is 0.347 e. The first-order valence-electron chi connectivity index (χ1n) is 6.67. The molecule has 2 atom stereocenters. The fourth-order valence-corrected chi connectivity index (χ4v) is 2.22. The number of amides is 2. The number of nitrogens with zero attached hydrogens (tertiary/aromatic N) is 2. The molecule has 0 aromatic heterocycles. The Morgan fingerprint density at radius 2 is 1.94 bits per heavy atom. The van der Waals surface area contributed by atoms with E-state index in [2.05, 4.69) is 12.2 Å². The van der Waals surface area contributed by atoms with E-state index in [1.54, 1.807) is 19.0 Å². The van der Waals surface area contributed by atoms with Crippen LogP contribution in [-0.2, 0) is 9.59 Å². The Kier molecular flexibility index (Phi) is 5.59. The molecule has 1 rings (SSSR count). The van der Waals surface area contributed by atoms with E-state index >= 15 is 0 Å². The van der Waals surface area contributed by atoms with Crippen LogP contribution in [0.4, 0.5) is 0 Å². The second-order valence-corrected chi connectivity index (χ2v) is 5.29. The SMILES string of the molecule is CCCN(CC(=O)N(C)C)C(=O)[C@@H]1CNC[C@H]1C. The van der Waals surface area contributed by atoms with Gasteiger partial charge in [-0.15, -0.1) is 0 Å². The van der Waals surface area contributed by atoms with Gasteiger partial charge < -0.3 is 15.1 Å². The van der Waals surface area contributed by atoms with Crippen LogP contribution in [0, 0.1) is 11.8 Å². The first kappa shape index (κ1) is 15.0. The van der Waals surface area contributed by atoms with Gasteiger partial charge >= 0.3 is 0 Å². The van der Waals surface area contributed by atoms with Crippen molar-refractivity contribution < 1.29 is 9.59 Å². The van der Waals surface area contributed by atoms with Crippen molar-refractivity contribution in [1.29, 1.82) is 0 Å². The summed E-state index contributed by atoms with van der Waals surface area (Å²) in [6, 6.07) is 0. The third-order valence-electron chi connectivity index (χ3n) is 3.46. The van der Waals surface area contributed by atoms with Gasteiger partial charge in [0.2, 0.25) is 11.8 Å². The van der Waals surface area contributed by atoms with Crippen LogP contribution in [0.3, 0.4) is 0 Å². The average molecular weight is 255 g/mol. The Labute approximate surface area is 110 Å². The molecule has 1 heterocycles. The van der Waals surface area contributed by atoms with E-state index in [0.29, 0.717) is 12.5 Å². The van der Waals surface area contributed by atoms with Crippen LogP contribution in [0.25, 0.3) is 0 Å². The fourth-order valence-electron chi connectivity index (χ4n) is 2.22. The lowest BCUT2D eigenvalue weighted by Crippen LogP contribution is -2.44. The molecule has 2 amide bonds. The molecule has 0 bridgehead atoms. The van der Waals surface area contributed by atoms with Gasteiger partial charge in [0.15, 0.2) is 0 Å². The summed E-state index contributed by atoms with van der Waals surface area (Å²) in [6.07, 6.45) is 0.876. The highest BCUT2D eigenvalue weighted by Gasteiger charge is 2.33. The molecule has 1 fully saturated rings. The zero-order valence-electron chi connectivity index (χ0n) is 11.9. The zero-order valence-corrected chi connectivity index (χ0v) is 11.9. The van der Waals surface area contributed by atoms with Crippen molar-refractivity contribution >= 4 is 11.8 Å². The minimum absolute atomic E-state index is 0.0181. The molecule has 0 spiro atoms. The third-order valence-corrected chi connectivity index (χ3v) is 3.46. The standard InChI is InChI=1S/C13H25N3O2/c1-5-6-16(9-12(17)15(3)4)13(18)11-8-14-7-10(11)2/h10-11,14H,5-9H2,1-4H3/t10-,11-/m1/s1. The van der Waals surface area contributed by atoms with Crippen LogP contribution in [0.15, 0.2) is 0 Å². The monoisotopic (exact) mass is 255 g/mol. The summed E-state index contributed by atoms with van der Waals surface area (Å²) in [5.74, 6) is 0.470. The predicted octanol–water partition coefficient (Wildman–Crippen LogP) is 0.169. The van der Waals surface area contributed by atoms with Crippen molar-refractivity contribution in [3.63, 3.8) is 0 Å². The quantitative estimate of drug-likeness (QED) is 0.762. The molecular weight excluding hydrogens is 230 g/mol. The Bertz CT molecular complexity index is 305. The van der Waals surface area contributed by atoms with Gasteiger partial charge in [-0.3, -0.25) is 9.59 Å². The Hall–Kier alpha value is -1.10. The molecule has 0 aromatic carbocycles. The summed E-state index contributed by atoms with van der Waals surface area (Å²) in [5.41, 5.74) is 0. The summed E-state index contributed by atoms with van der Waals surface area (Å²) in [5, 5.41) is 3.23. The van der Waals surface area contributed by atoms with Crippen molar-refractivity contribution in [2.45, 2.75) is 20.3 Å². The molecule has 1 saturated heterocycles. The Balaban J connectivity index is 2.65. The molecule has 0 aromatic rings. The number of carbonyl (C=O) groups is 2. The molecule has 18 heavy (non-hydrogen) atoms. The summed E-state index contributed by atoms with van der Waals surface area (Å²) < 4.78 is 0. The first-order chi connectivity index (χ1) is 8.47. The van der Waals surface area contributed by atoms with Crippen molar-refractivity contribution in [2.75, 3.05) is 40.3 Å². The van der Waals surface area contributed by atoms with E-state index in [4.69, 9.17) is 0 Å². The molecule has 1 N–H and O–H groups in total. The van der Waals surface area contributed by atoms with Gasteiger partial charge in [-0.25, -0.2) is 0 Å². The van der Waals surface area contributed by atoms with Gasteiger partial charge in [-0.1, -0.05) is 13.8 Å². The van der Waals surface area contributed by atoms with Crippen molar-refractivity contribution in [3.05, 3.63) is 0 Å². The van der Waals surface area contributed by atoms with Crippen LogP contribution in [0.1, 0.15) is 20.3 Å². The maximum atomic E-state index is 12.4. The molecule has 1 aliphatic rings.